The van der Waals surface area contributed by atoms with Crippen LogP contribution in [0.1, 0.15) is 5.56 Å². The van der Waals surface area contributed by atoms with Crippen molar-refractivity contribution in [3.8, 4) is 0 Å². The van der Waals surface area contributed by atoms with Crippen LogP contribution in [0.4, 0.5) is 13.2 Å². The van der Waals surface area contributed by atoms with E-state index in [4.69, 9.17) is 0 Å². The van der Waals surface area contributed by atoms with Gasteiger partial charge >= 0.3 is 81.8 Å². The molecule has 0 heterocycles. The van der Waals surface area contributed by atoms with Crippen LogP contribution in [-0.2, 0) is 0 Å². The molecular formula is C9H7F3Se. The molecule has 0 aliphatic carbocycles. The maximum absolute atomic E-state index is 12.1. The maximum atomic E-state index is 12.1. The second-order valence-corrected chi connectivity index (χ2v) is 3.45. The fraction of sp³-hybridized carbons (Fsp3) is 0.111. The fourth-order valence-electron chi connectivity index (χ4n) is 0.789. The van der Waals surface area contributed by atoms with E-state index < -0.39 is 10.6 Å². The Morgan fingerprint density at radius 1 is 1.15 bits per heavy atom. The molecule has 0 bridgehead atoms. The van der Waals surface area contributed by atoms with Gasteiger partial charge in [-0.05, 0) is 0 Å². The monoisotopic (exact) mass is 252 g/mol. The van der Waals surface area contributed by atoms with Crippen LogP contribution in [-0.4, -0.2) is 22.2 Å². The van der Waals surface area contributed by atoms with Crippen molar-refractivity contribution in [2.75, 3.05) is 0 Å². The van der Waals surface area contributed by atoms with Crippen LogP contribution in [0.3, 0.4) is 0 Å². The molecule has 0 saturated carbocycles. The summed E-state index contributed by atoms with van der Waals surface area (Å²) >= 11 is 1.53. The van der Waals surface area contributed by atoms with Gasteiger partial charge in [-0.15, -0.1) is 0 Å². The van der Waals surface area contributed by atoms with E-state index in [2.05, 4.69) is 0 Å². The Bertz CT molecular complexity index is 300. The van der Waals surface area contributed by atoms with Crippen molar-refractivity contribution in [2.24, 2.45) is 0 Å². The zero-order valence-electron chi connectivity index (χ0n) is 6.55. The van der Waals surface area contributed by atoms with E-state index in [-0.39, 0.29) is 0 Å². The SMILES string of the molecule is FC(F)(F)C([SeH])=Cc1ccccc1. The van der Waals surface area contributed by atoms with E-state index in [1.807, 2.05) is 0 Å². The van der Waals surface area contributed by atoms with Gasteiger partial charge in [0.05, 0.1) is 0 Å². The zero-order valence-corrected chi connectivity index (χ0v) is 8.42. The predicted molar refractivity (Wildman–Crippen MR) is 47.6 cm³/mol. The Morgan fingerprint density at radius 2 is 1.69 bits per heavy atom. The molecule has 0 radical (unpaired) electrons. The quantitative estimate of drug-likeness (QED) is 0.673. The normalized spacial score (nSPS) is 13.1. The van der Waals surface area contributed by atoms with E-state index in [1.54, 1.807) is 30.3 Å². The molecule has 0 atom stereocenters. The minimum absolute atomic E-state index is 0.551. The summed E-state index contributed by atoms with van der Waals surface area (Å²) in [6, 6.07) is 8.40. The summed E-state index contributed by atoms with van der Waals surface area (Å²) in [7, 11) is 0. The van der Waals surface area contributed by atoms with Gasteiger partial charge in [-0.3, -0.25) is 0 Å². The van der Waals surface area contributed by atoms with E-state index >= 15 is 0 Å². The molecule has 0 aromatic heterocycles. The molecule has 1 aromatic carbocycles. The Labute approximate surface area is 82.3 Å². The number of rotatable bonds is 1. The number of hydrogen-bond donors (Lipinski definition) is 0. The number of benzene rings is 1. The number of allylic oxidation sites excluding steroid dienone is 1. The van der Waals surface area contributed by atoms with E-state index in [0.717, 1.165) is 6.08 Å². The van der Waals surface area contributed by atoms with Crippen LogP contribution < -0.4 is 0 Å². The predicted octanol–water partition coefficient (Wildman–Crippen LogP) is 2.49. The van der Waals surface area contributed by atoms with Gasteiger partial charge in [-0.25, -0.2) is 0 Å². The molecule has 0 unspecified atom stereocenters. The first-order valence-electron chi connectivity index (χ1n) is 3.53. The minimum atomic E-state index is -4.25. The van der Waals surface area contributed by atoms with Crippen LogP contribution >= 0.6 is 0 Å². The summed E-state index contributed by atoms with van der Waals surface area (Å²) in [6.45, 7) is 0. The molecule has 0 saturated heterocycles. The zero-order chi connectivity index (χ0) is 9.90. The Balaban J connectivity index is 2.90. The molecule has 0 aliphatic heterocycles. The van der Waals surface area contributed by atoms with Crippen LogP contribution in [0.15, 0.2) is 34.8 Å². The summed E-state index contributed by atoms with van der Waals surface area (Å²) < 4.78 is 35.5. The average molecular weight is 251 g/mol. The van der Waals surface area contributed by atoms with Crippen molar-refractivity contribution in [3.63, 3.8) is 0 Å². The molecule has 0 nitrogen and oxygen atoms in total. The van der Waals surface area contributed by atoms with Crippen molar-refractivity contribution in [1.82, 2.24) is 0 Å². The number of halogens is 3. The molecule has 4 heteroatoms. The average Bonchev–Trinajstić information content (AvgIpc) is 2.04. The molecular weight excluding hydrogens is 244 g/mol. The third-order valence-corrected chi connectivity index (χ3v) is 2.20. The Hall–Kier alpha value is -0.731. The fourth-order valence-corrected chi connectivity index (χ4v) is 1.10. The van der Waals surface area contributed by atoms with E-state index in [0.29, 0.717) is 5.56 Å². The van der Waals surface area contributed by atoms with Crippen molar-refractivity contribution in [2.45, 2.75) is 6.18 Å². The third-order valence-electron chi connectivity index (χ3n) is 1.39. The second-order valence-electron chi connectivity index (χ2n) is 2.44. The van der Waals surface area contributed by atoms with E-state index in [1.165, 1.54) is 16.0 Å². The molecule has 13 heavy (non-hydrogen) atoms. The van der Waals surface area contributed by atoms with Crippen LogP contribution in [0.25, 0.3) is 6.08 Å². The molecule has 0 amide bonds. The van der Waals surface area contributed by atoms with Gasteiger partial charge in [0.25, 0.3) is 0 Å². The molecule has 0 spiro atoms. The van der Waals surface area contributed by atoms with Gasteiger partial charge < -0.3 is 0 Å². The van der Waals surface area contributed by atoms with Crippen LogP contribution in [0.5, 0.6) is 0 Å². The standard InChI is InChI=1S/C9H7F3Se/c10-9(11,12)8(13)6-7-4-2-1-3-5-7/h1-6,13H. The Morgan fingerprint density at radius 3 is 2.15 bits per heavy atom. The van der Waals surface area contributed by atoms with Crippen molar-refractivity contribution >= 4 is 22.1 Å². The third kappa shape index (κ3) is 3.25. The molecule has 1 aromatic rings. The first-order chi connectivity index (χ1) is 6.00. The molecule has 0 aliphatic rings. The summed E-state index contributed by atoms with van der Waals surface area (Å²) in [4.78, 5) is 0. The topological polar surface area (TPSA) is 0 Å². The molecule has 0 fully saturated rings. The molecule has 1 rings (SSSR count). The summed E-state index contributed by atoms with van der Waals surface area (Å²) in [6.07, 6.45) is -3.16. The number of alkyl halides is 3. The van der Waals surface area contributed by atoms with E-state index in [9.17, 15) is 13.2 Å². The van der Waals surface area contributed by atoms with Crippen molar-refractivity contribution in [1.29, 1.82) is 0 Å². The summed E-state index contributed by atoms with van der Waals surface area (Å²) in [5.41, 5.74) is 0.551. The van der Waals surface area contributed by atoms with Gasteiger partial charge in [0, 0.05) is 0 Å². The molecule has 0 N–H and O–H groups in total. The second kappa shape index (κ2) is 3.99. The van der Waals surface area contributed by atoms with Gasteiger partial charge in [0.15, 0.2) is 0 Å². The van der Waals surface area contributed by atoms with Gasteiger partial charge in [0.1, 0.15) is 0 Å². The Kier molecular flexibility index (Phi) is 3.17. The van der Waals surface area contributed by atoms with Crippen molar-refractivity contribution < 1.29 is 13.2 Å². The number of hydrogen-bond acceptors (Lipinski definition) is 0. The first-order valence-corrected chi connectivity index (χ1v) is 4.47. The molecule has 70 valence electrons. The van der Waals surface area contributed by atoms with Crippen molar-refractivity contribution in [3.05, 3.63) is 40.4 Å². The van der Waals surface area contributed by atoms with Crippen LogP contribution in [0.2, 0.25) is 0 Å². The van der Waals surface area contributed by atoms with Gasteiger partial charge in [-0.2, -0.15) is 0 Å². The van der Waals surface area contributed by atoms with Gasteiger partial charge in [0.2, 0.25) is 0 Å². The van der Waals surface area contributed by atoms with Crippen LogP contribution in [0, 0.1) is 0 Å². The summed E-state index contributed by atoms with van der Waals surface area (Å²) in [5.74, 6) is 0. The summed E-state index contributed by atoms with van der Waals surface area (Å²) in [5, 5.41) is 0. The van der Waals surface area contributed by atoms with Gasteiger partial charge in [-0.1, -0.05) is 0 Å². The first kappa shape index (κ1) is 10.4.